The van der Waals surface area contributed by atoms with Gasteiger partial charge >= 0.3 is 0 Å². The number of ether oxygens (including phenoxy) is 1. The third kappa shape index (κ3) is 3.14. The highest BCUT2D eigenvalue weighted by atomic mass is 35.5. The van der Waals surface area contributed by atoms with Crippen molar-refractivity contribution in [1.29, 1.82) is 0 Å². The van der Waals surface area contributed by atoms with Gasteiger partial charge in [0.25, 0.3) is 0 Å². The van der Waals surface area contributed by atoms with Gasteiger partial charge in [0.2, 0.25) is 11.0 Å². The second-order valence-electron chi connectivity index (χ2n) is 7.06. The Kier molecular flexibility index (Phi) is 4.69. The van der Waals surface area contributed by atoms with Crippen LogP contribution in [-0.2, 0) is 4.79 Å². The summed E-state index contributed by atoms with van der Waals surface area (Å²) in [4.78, 5) is 17.3. The monoisotopic (exact) mass is 458 g/mol. The van der Waals surface area contributed by atoms with Crippen molar-refractivity contribution in [2.75, 3.05) is 12.4 Å². The minimum atomic E-state index is -0.207. The molecule has 1 unspecified atom stereocenters. The van der Waals surface area contributed by atoms with Gasteiger partial charge in [0.05, 0.1) is 23.0 Å². The fraction of sp³-hybridized carbons (Fsp3) is 0.190. The summed E-state index contributed by atoms with van der Waals surface area (Å²) in [5.41, 5.74) is 3.46. The SMILES string of the molecule is COc1ccc2nc(-n3nc(C)c4c3NC(=O)CC4c3ccc(Cl)cc3Cl)sc2c1. The van der Waals surface area contributed by atoms with Crippen LogP contribution in [0.25, 0.3) is 15.3 Å². The highest BCUT2D eigenvalue weighted by molar-refractivity contribution is 7.20. The molecule has 6 nitrogen and oxygen atoms in total. The summed E-state index contributed by atoms with van der Waals surface area (Å²) in [7, 11) is 1.63. The zero-order valence-electron chi connectivity index (χ0n) is 16.1. The molecule has 4 aromatic rings. The van der Waals surface area contributed by atoms with Gasteiger partial charge < -0.3 is 10.1 Å². The second-order valence-corrected chi connectivity index (χ2v) is 8.91. The summed E-state index contributed by atoms with van der Waals surface area (Å²) >= 11 is 14.0. The molecule has 0 aliphatic carbocycles. The number of hydrogen-bond acceptors (Lipinski definition) is 5. The lowest BCUT2D eigenvalue weighted by Gasteiger charge is -2.24. The first kappa shape index (κ1) is 19.4. The lowest BCUT2D eigenvalue weighted by Crippen LogP contribution is -2.25. The standard InChI is InChI=1S/C21H16Cl2N4O2S/c1-10-19-14(13-5-3-11(22)7-15(13)23)9-18(28)25-20(19)27(26-10)21-24-16-6-4-12(29-2)8-17(16)30-21/h3-8,14H,9H2,1-2H3,(H,25,28). The first-order valence-electron chi connectivity index (χ1n) is 9.24. The number of anilines is 1. The summed E-state index contributed by atoms with van der Waals surface area (Å²) in [6.45, 7) is 1.93. The molecule has 1 amide bonds. The van der Waals surface area contributed by atoms with Gasteiger partial charge in [0, 0.05) is 27.9 Å². The molecule has 1 aliphatic rings. The third-order valence-electron chi connectivity index (χ3n) is 5.21. The van der Waals surface area contributed by atoms with E-state index < -0.39 is 0 Å². The van der Waals surface area contributed by atoms with Gasteiger partial charge in [-0.15, -0.1) is 0 Å². The van der Waals surface area contributed by atoms with Crippen LogP contribution in [0.2, 0.25) is 10.0 Å². The van der Waals surface area contributed by atoms with E-state index in [2.05, 4.69) is 5.32 Å². The molecule has 2 aromatic heterocycles. The van der Waals surface area contributed by atoms with E-state index in [0.717, 1.165) is 32.8 Å². The summed E-state index contributed by atoms with van der Waals surface area (Å²) in [6.07, 6.45) is 0.290. The van der Waals surface area contributed by atoms with Gasteiger partial charge in [-0.3, -0.25) is 4.79 Å². The quantitative estimate of drug-likeness (QED) is 0.434. The number of aryl methyl sites for hydroxylation is 1. The van der Waals surface area contributed by atoms with E-state index in [-0.39, 0.29) is 18.2 Å². The molecule has 5 rings (SSSR count). The minimum absolute atomic E-state index is 0.0950. The Hall–Kier alpha value is -2.61. The highest BCUT2D eigenvalue weighted by Crippen LogP contribution is 2.43. The average molecular weight is 459 g/mol. The molecule has 2 aromatic carbocycles. The van der Waals surface area contributed by atoms with E-state index >= 15 is 0 Å². The smallest absolute Gasteiger partial charge is 0.226 e. The van der Waals surface area contributed by atoms with Crippen LogP contribution >= 0.6 is 34.5 Å². The zero-order chi connectivity index (χ0) is 21.0. The van der Waals surface area contributed by atoms with Gasteiger partial charge in [0.15, 0.2) is 0 Å². The Balaban J connectivity index is 1.66. The number of amides is 1. The normalized spacial score (nSPS) is 15.9. The van der Waals surface area contributed by atoms with Crippen molar-refractivity contribution < 1.29 is 9.53 Å². The molecule has 0 fully saturated rings. The van der Waals surface area contributed by atoms with Crippen LogP contribution in [0.3, 0.4) is 0 Å². The number of halogens is 2. The number of hydrogen-bond donors (Lipinski definition) is 1. The molecule has 0 spiro atoms. The van der Waals surface area contributed by atoms with Crippen molar-refractivity contribution in [3.05, 3.63) is 63.3 Å². The van der Waals surface area contributed by atoms with E-state index in [9.17, 15) is 4.79 Å². The largest absolute Gasteiger partial charge is 0.497 e. The van der Waals surface area contributed by atoms with E-state index in [1.54, 1.807) is 23.9 Å². The number of carbonyl (C=O) groups excluding carboxylic acids is 1. The minimum Gasteiger partial charge on any atom is -0.497 e. The molecule has 1 aliphatic heterocycles. The van der Waals surface area contributed by atoms with Gasteiger partial charge in [-0.25, -0.2) is 4.98 Å². The van der Waals surface area contributed by atoms with E-state index in [0.29, 0.717) is 21.0 Å². The van der Waals surface area contributed by atoms with E-state index in [4.69, 9.17) is 38.0 Å². The first-order valence-corrected chi connectivity index (χ1v) is 10.8. The number of aromatic nitrogens is 3. The number of thiazole rings is 1. The Morgan fingerprint density at radius 1 is 1.23 bits per heavy atom. The van der Waals surface area contributed by atoms with Crippen molar-refractivity contribution in [2.45, 2.75) is 19.3 Å². The third-order valence-corrected chi connectivity index (χ3v) is 6.76. The van der Waals surface area contributed by atoms with Crippen molar-refractivity contribution >= 4 is 56.5 Å². The predicted molar refractivity (Wildman–Crippen MR) is 120 cm³/mol. The molecule has 0 saturated carbocycles. The Morgan fingerprint density at radius 2 is 2.07 bits per heavy atom. The number of carbonyl (C=O) groups is 1. The number of methoxy groups -OCH3 is 1. The zero-order valence-corrected chi connectivity index (χ0v) is 18.4. The number of fused-ring (bicyclic) bond motifs is 2. The predicted octanol–water partition coefficient (Wildman–Crippen LogP) is 5.58. The maximum Gasteiger partial charge on any atom is 0.226 e. The summed E-state index contributed by atoms with van der Waals surface area (Å²) in [5, 5.41) is 9.45. The molecule has 152 valence electrons. The molecular weight excluding hydrogens is 443 g/mol. The lowest BCUT2D eigenvalue weighted by atomic mass is 9.86. The second kappa shape index (κ2) is 7.27. The van der Waals surface area contributed by atoms with Crippen LogP contribution < -0.4 is 10.1 Å². The first-order chi connectivity index (χ1) is 14.4. The summed E-state index contributed by atoms with van der Waals surface area (Å²) in [6, 6.07) is 11.1. The van der Waals surface area contributed by atoms with Crippen LogP contribution in [0.15, 0.2) is 36.4 Å². The Morgan fingerprint density at radius 3 is 2.83 bits per heavy atom. The van der Waals surface area contributed by atoms with E-state index in [1.807, 2.05) is 31.2 Å². The molecule has 9 heteroatoms. The van der Waals surface area contributed by atoms with Crippen LogP contribution in [0.4, 0.5) is 5.82 Å². The van der Waals surface area contributed by atoms with Gasteiger partial charge in [-0.05, 0) is 42.8 Å². The number of nitrogens with zero attached hydrogens (tertiary/aromatic N) is 3. The van der Waals surface area contributed by atoms with Crippen molar-refractivity contribution in [1.82, 2.24) is 14.8 Å². The Bertz CT molecular complexity index is 1310. The van der Waals surface area contributed by atoms with Gasteiger partial charge in [-0.2, -0.15) is 9.78 Å². The molecular formula is C21H16Cl2N4O2S. The maximum absolute atomic E-state index is 12.6. The molecule has 1 atom stereocenters. The van der Waals surface area contributed by atoms with Gasteiger partial charge in [0.1, 0.15) is 11.6 Å². The molecule has 30 heavy (non-hydrogen) atoms. The van der Waals surface area contributed by atoms with Crippen LogP contribution in [-0.4, -0.2) is 27.8 Å². The maximum atomic E-state index is 12.6. The number of rotatable bonds is 3. The van der Waals surface area contributed by atoms with Crippen molar-refractivity contribution in [2.24, 2.45) is 0 Å². The summed E-state index contributed by atoms with van der Waals surface area (Å²) in [5.74, 6) is 1.09. The summed E-state index contributed by atoms with van der Waals surface area (Å²) < 4.78 is 7.99. The molecule has 0 radical (unpaired) electrons. The van der Waals surface area contributed by atoms with Crippen molar-refractivity contribution in [3.63, 3.8) is 0 Å². The van der Waals surface area contributed by atoms with Crippen LogP contribution in [0, 0.1) is 6.92 Å². The number of benzene rings is 2. The van der Waals surface area contributed by atoms with Crippen molar-refractivity contribution in [3.8, 4) is 10.9 Å². The van der Waals surface area contributed by atoms with Crippen LogP contribution in [0.5, 0.6) is 5.75 Å². The molecule has 0 saturated heterocycles. The fourth-order valence-electron chi connectivity index (χ4n) is 3.85. The van der Waals surface area contributed by atoms with Crippen LogP contribution in [0.1, 0.15) is 29.2 Å². The highest BCUT2D eigenvalue weighted by Gasteiger charge is 2.34. The average Bonchev–Trinajstić information content (AvgIpc) is 3.27. The fourth-order valence-corrected chi connectivity index (χ4v) is 5.34. The van der Waals surface area contributed by atoms with E-state index in [1.165, 1.54) is 11.3 Å². The molecule has 0 bridgehead atoms. The molecule has 3 heterocycles. The molecule has 1 N–H and O–H groups in total. The van der Waals surface area contributed by atoms with Gasteiger partial charge in [-0.1, -0.05) is 40.6 Å². The number of nitrogens with one attached hydrogen (secondary N) is 1. The Labute approximate surface area is 186 Å². The topological polar surface area (TPSA) is 69.0 Å². The lowest BCUT2D eigenvalue weighted by molar-refractivity contribution is -0.116.